The van der Waals surface area contributed by atoms with Crippen molar-refractivity contribution in [1.82, 2.24) is 0 Å². The van der Waals surface area contributed by atoms with Gasteiger partial charge in [0.05, 0.1) is 28.9 Å². The highest BCUT2D eigenvalue weighted by molar-refractivity contribution is 6.39. The molecule has 21 heavy (non-hydrogen) atoms. The zero-order valence-electron chi connectivity index (χ0n) is 11.8. The van der Waals surface area contributed by atoms with Crippen LogP contribution in [0.1, 0.15) is 24.9 Å². The first-order valence-electron chi connectivity index (χ1n) is 6.60. The molecule has 0 aliphatic heterocycles. The lowest BCUT2D eigenvalue weighted by Gasteiger charge is -2.22. The molecule has 1 unspecified atom stereocenters. The summed E-state index contributed by atoms with van der Waals surface area (Å²) < 4.78 is 18.6. The van der Waals surface area contributed by atoms with Gasteiger partial charge in [-0.2, -0.15) is 0 Å². The molecule has 112 valence electrons. The maximum atomic E-state index is 13.3. The van der Waals surface area contributed by atoms with Crippen molar-refractivity contribution >= 4 is 28.9 Å². The number of benzene rings is 2. The number of hydrogen-bond acceptors (Lipinski definition) is 2. The molecule has 0 fully saturated rings. The van der Waals surface area contributed by atoms with Crippen LogP contribution in [0.2, 0.25) is 10.0 Å². The first-order valence-corrected chi connectivity index (χ1v) is 7.36. The predicted molar refractivity (Wildman–Crippen MR) is 86.1 cm³/mol. The highest BCUT2D eigenvalue weighted by Crippen LogP contribution is 2.36. The van der Waals surface area contributed by atoms with E-state index in [0.29, 0.717) is 5.69 Å². The van der Waals surface area contributed by atoms with E-state index in [0.717, 1.165) is 17.7 Å². The highest BCUT2D eigenvalue weighted by Gasteiger charge is 2.17. The maximum Gasteiger partial charge on any atom is 0.126 e. The number of rotatable bonds is 5. The van der Waals surface area contributed by atoms with Gasteiger partial charge in [-0.1, -0.05) is 48.3 Å². The van der Waals surface area contributed by atoms with Crippen LogP contribution in [0.15, 0.2) is 36.4 Å². The summed E-state index contributed by atoms with van der Waals surface area (Å²) in [5.41, 5.74) is 1.52. The van der Waals surface area contributed by atoms with Gasteiger partial charge in [0.1, 0.15) is 11.6 Å². The van der Waals surface area contributed by atoms with Crippen molar-refractivity contribution in [3.8, 4) is 5.75 Å². The molecule has 0 aromatic heterocycles. The van der Waals surface area contributed by atoms with Crippen molar-refractivity contribution < 1.29 is 9.13 Å². The number of nitrogens with one attached hydrogen (secondary N) is 1. The van der Waals surface area contributed by atoms with Crippen LogP contribution in [0.3, 0.4) is 0 Å². The fraction of sp³-hybridized carbons (Fsp3) is 0.250. The normalized spacial score (nSPS) is 12.0. The Morgan fingerprint density at radius 1 is 1.19 bits per heavy atom. The summed E-state index contributed by atoms with van der Waals surface area (Å²) >= 11 is 12.2. The number of methoxy groups -OCH3 is 1. The number of hydrogen-bond donors (Lipinski definition) is 1. The van der Waals surface area contributed by atoms with Crippen LogP contribution in [-0.2, 0) is 0 Å². The van der Waals surface area contributed by atoms with Gasteiger partial charge in [-0.3, -0.25) is 0 Å². The van der Waals surface area contributed by atoms with Crippen LogP contribution < -0.4 is 10.1 Å². The van der Waals surface area contributed by atoms with Gasteiger partial charge < -0.3 is 10.1 Å². The molecular weight excluding hydrogens is 312 g/mol. The van der Waals surface area contributed by atoms with E-state index in [2.05, 4.69) is 5.32 Å². The standard InChI is InChI=1S/C16H16Cl2FNO/c1-3-14(11-6-4-5-7-15(11)21-2)20-16-12(17)8-10(19)9-13(16)18/h4-9,14,20H,3H2,1-2H3. The molecule has 0 amide bonds. The Morgan fingerprint density at radius 2 is 1.81 bits per heavy atom. The van der Waals surface area contributed by atoms with E-state index in [1.807, 2.05) is 31.2 Å². The highest BCUT2D eigenvalue weighted by atomic mass is 35.5. The van der Waals surface area contributed by atoms with E-state index in [1.165, 1.54) is 12.1 Å². The Labute approximate surface area is 133 Å². The number of ether oxygens (including phenoxy) is 1. The minimum Gasteiger partial charge on any atom is -0.496 e. The Morgan fingerprint density at radius 3 is 2.38 bits per heavy atom. The largest absolute Gasteiger partial charge is 0.496 e. The van der Waals surface area contributed by atoms with Crippen molar-refractivity contribution in [3.63, 3.8) is 0 Å². The monoisotopic (exact) mass is 327 g/mol. The lowest BCUT2D eigenvalue weighted by atomic mass is 10.0. The predicted octanol–water partition coefficient (Wildman–Crippen LogP) is 5.70. The molecule has 0 bridgehead atoms. The van der Waals surface area contributed by atoms with Crippen LogP contribution >= 0.6 is 23.2 Å². The first-order chi connectivity index (χ1) is 10.1. The first kappa shape index (κ1) is 15.9. The minimum absolute atomic E-state index is 0.0402. The molecule has 0 radical (unpaired) electrons. The van der Waals surface area contributed by atoms with E-state index in [-0.39, 0.29) is 16.1 Å². The Balaban J connectivity index is 2.36. The zero-order chi connectivity index (χ0) is 15.4. The summed E-state index contributed by atoms with van der Waals surface area (Å²) in [7, 11) is 1.63. The lowest BCUT2D eigenvalue weighted by molar-refractivity contribution is 0.406. The molecule has 0 saturated heterocycles. The van der Waals surface area contributed by atoms with E-state index >= 15 is 0 Å². The van der Waals surface area contributed by atoms with E-state index in [1.54, 1.807) is 7.11 Å². The van der Waals surface area contributed by atoms with Crippen molar-refractivity contribution in [2.75, 3.05) is 12.4 Å². The van der Waals surface area contributed by atoms with Crippen LogP contribution in [0.4, 0.5) is 10.1 Å². The van der Waals surface area contributed by atoms with Crippen LogP contribution in [0.25, 0.3) is 0 Å². The summed E-state index contributed by atoms with van der Waals surface area (Å²) in [6.45, 7) is 2.04. The molecule has 5 heteroatoms. The summed E-state index contributed by atoms with van der Waals surface area (Å²) in [6.07, 6.45) is 0.796. The van der Waals surface area contributed by atoms with Gasteiger partial charge in [0.15, 0.2) is 0 Å². The fourth-order valence-electron chi connectivity index (χ4n) is 2.21. The Kier molecular flexibility index (Phi) is 5.32. The van der Waals surface area contributed by atoms with Gasteiger partial charge in [0, 0.05) is 5.56 Å². The minimum atomic E-state index is -0.458. The van der Waals surface area contributed by atoms with E-state index < -0.39 is 5.82 Å². The molecule has 1 N–H and O–H groups in total. The molecule has 1 atom stereocenters. The third kappa shape index (κ3) is 3.60. The topological polar surface area (TPSA) is 21.3 Å². The molecule has 0 aliphatic rings. The Bertz CT molecular complexity index is 610. The molecule has 0 aliphatic carbocycles. The maximum absolute atomic E-state index is 13.3. The van der Waals surface area contributed by atoms with Crippen LogP contribution in [0, 0.1) is 5.82 Å². The molecule has 0 spiro atoms. The smallest absolute Gasteiger partial charge is 0.126 e. The number of halogens is 3. The Hall–Kier alpha value is -1.45. The van der Waals surface area contributed by atoms with Crippen molar-refractivity contribution in [3.05, 3.63) is 57.8 Å². The van der Waals surface area contributed by atoms with Crippen LogP contribution in [-0.4, -0.2) is 7.11 Å². The average molecular weight is 328 g/mol. The molecule has 2 rings (SSSR count). The molecule has 0 heterocycles. The SMILES string of the molecule is CCC(Nc1c(Cl)cc(F)cc1Cl)c1ccccc1OC. The van der Waals surface area contributed by atoms with Gasteiger partial charge in [0.25, 0.3) is 0 Å². The third-order valence-electron chi connectivity index (χ3n) is 3.25. The molecule has 2 aromatic rings. The van der Waals surface area contributed by atoms with Gasteiger partial charge in [-0.25, -0.2) is 4.39 Å². The van der Waals surface area contributed by atoms with Crippen molar-refractivity contribution in [2.24, 2.45) is 0 Å². The number of para-hydroxylation sites is 1. The van der Waals surface area contributed by atoms with Crippen molar-refractivity contribution in [2.45, 2.75) is 19.4 Å². The summed E-state index contributed by atoms with van der Waals surface area (Å²) in [6, 6.07) is 10.2. The molecule has 0 saturated carbocycles. The lowest BCUT2D eigenvalue weighted by Crippen LogP contribution is -2.11. The summed E-state index contributed by atoms with van der Waals surface area (Å²) in [5.74, 6) is 0.326. The quantitative estimate of drug-likeness (QED) is 0.760. The summed E-state index contributed by atoms with van der Waals surface area (Å²) in [4.78, 5) is 0. The van der Waals surface area contributed by atoms with E-state index in [9.17, 15) is 4.39 Å². The van der Waals surface area contributed by atoms with Crippen molar-refractivity contribution in [1.29, 1.82) is 0 Å². The summed E-state index contributed by atoms with van der Waals surface area (Å²) in [5, 5.41) is 3.79. The fourth-order valence-corrected chi connectivity index (χ4v) is 2.78. The third-order valence-corrected chi connectivity index (χ3v) is 3.84. The second kappa shape index (κ2) is 7.01. The molecule has 2 aromatic carbocycles. The van der Waals surface area contributed by atoms with Gasteiger partial charge in [-0.15, -0.1) is 0 Å². The van der Waals surface area contributed by atoms with E-state index in [4.69, 9.17) is 27.9 Å². The zero-order valence-corrected chi connectivity index (χ0v) is 13.3. The second-order valence-corrected chi connectivity index (χ2v) is 5.41. The van der Waals surface area contributed by atoms with Gasteiger partial charge in [0.2, 0.25) is 0 Å². The number of anilines is 1. The van der Waals surface area contributed by atoms with Crippen LogP contribution in [0.5, 0.6) is 5.75 Å². The van der Waals surface area contributed by atoms with Gasteiger partial charge in [-0.05, 0) is 24.6 Å². The molecule has 2 nitrogen and oxygen atoms in total. The molecular formula is C16H16Cl2FNO. The van der Waals surface area contributed by atoms with Gasteiger partial charge >= 0.3 is 0 Å². The second-order valence-electron chi connectivity index (χ2n) is 4.59. The average Bonchev–Trinajstić information content (AvgIpc) is 2.46.